The number of pyridine rings is 1. The predicted molar refractivity (Wildman–Crippen MR) is 93.8 cm³/mol. The Bertz CT molecular complexity index is 760. The molecule has 0 fully saturated rings. The van der Waals surface area contributed by atoms with E-state index in [4.69, 9.17) is 0 Å². The molecule has 1 aromatic heterocycles. The Morgan fingerprint density at radius 2 is 1.68 bits per heavy atom. The third-order valence-electron chi connectivity index (χ3n) is 4.02. The first-order chi connectivity index (χ1) is 10.8. The second-order valence-corrected chi connectivity index (χ2v) is 5.65. The topological polar surface area (TPSA) is 12.9 Å². The molecular weight excluding hydrogens is 266 g/mol. The van der Waals surface area contributed by atoms with Crippen LogP contribution in [-0.2, 0) is 6.42 Å². The zero-order valence-electron chi connectivity index (χ0n) is 13.2. The largest absolute Gasteiger partial charge is 0.256 e. The Kier molecular flexibility index (Phi) is 4.34. The molecule has 2 aromatic carbocycles. The van der Waals surface area contributed by atoms with Crippen molar-refractivity contribution in [2.45, 2.75) is 26.7 Å². The van der Waals surface area contributed by atoms with Crippen molar-refractivity contribution < 1.29 is 0 Å². The smallest absolute Gasteiger partial charge is 0.0704 e. The summed E-state index contributed by atoms with van der Waals surface area (Å²) < 4.78 is 0. The second-order valence-electron chi connectivity index (χ2n) is 5.65. The molecule has 1 heteroatoms. The van der Waals surface area contributed by atoms with Gasteiger partial charge in [-0.1, -0.05) is 61.9 Å². The van der Waals surface area contributed by atoms with E-state index in [9.17, 15) is 0 Å². The summed E-state index contributed by atoms with van der Waals surface area (Å²) in [5.41, 5.74) is 7.60. The maximum atomic E-state index is 4.51. The van der Waals surface area contributed by atoms with Gasteiger partial charge in [-0.2, -0.15) is 0 Å². The normalized spacial score (nSPS) is 10.6. The lowest BCUT2D eigenvalue weighted by atomic mass is 9.93. The summed E-state index contributed by atoms with van der Waals surface area (Å²) in [7, 11) is 0. The van der Waals surface area contributed by atoms with E-state index in [0.717, 1.165) is 18.5 Å². The van der Waals surface area contributed by atoms with Crippen LogP contribution >= 0.6 is 0 Å². The molecule has 0 N–H and O–H groups in total. The van der Waals surface area contributed by atoms with Crippen molar-refractivity contribution in [2.75, 3.05) is 0 Å². The van der Waals surface area contributed by atoms with Crippen LogP contribution in [0.2, 0.25) is 0 Å². The molecule has 0 saturated carbocycles. The van der Waals surface area contributed by atoms with Crippen molar-refractivity contribution in [3.05, 3.63) is 78.0 Å². The van der Waals surface area contributed by atoms with Gasteiger partial charge in [0, 0.05) is 11.8 Å². The lowest BCUT2D eigenvalue weighted by Crippen LogP contribution is -1.93. The molecule has 1 heterocycles. The fourth-order valence-electron chi connectivity index (χ4n) is 2.91. The Labute approximate surface area is 132 Å². The lowest BCUT2D eigenvalue weighted by Gasteiger charge is -2.12. The van der Waals surface area contributed by atoms with Crippen molar-refractivity contribution in [2.24, 2.45) is 0 Å². The molecule has 0 spiro atoms. The fraction of sp³-hybridized carbons (Fsp3) is 0.190. The van der Waals surface area contributed by atoms with Crippen LogP contribution in [0.25, 0.3) is 22.4 Å². The highest BCUT2D eigenvalue weighted by Gasteiger charge is 2.09. The molecule has 22 heavy (non-hydrogen) atoms. The van der Waals surface area contributed by atoms with Crippen LogP contribution < -0.4 is 0 Å². The Morgan fingerprint density at radius 1 is 0.864 bits per heavy atom. The van der Waals surface area contributed by atoms with E-state index in [0.29, 0.717) is 0 Å². The van der Waals surface area contributed by atoms with Crippen LogP contribution in [0.1, 0.15) is 24.5 Å². The summed E-state index contributed by atoms with van der Waals surface area (Å²) >= 11 is 0. The predicted octanol–water partition coefficient (Wildman–Crippen LogP) is 5.68. The highest BCUT2D eigenvalue weighted by Crippen LogP contribution is 2.30. The molecule has 3 rings (SSSR count). The summed E-state index contributed by atoms with van der Waals surface area (Å²) in [6.45, 7) is 4.39. The average molecular weight is 287 g/mol. The summed E-state index contributed by atoms with van der Waals surface area (Å²) in [4.78, 5) is 4.51. The molecule has 0 radical (unpaired) electrons. The van der Waals surface area contributed by atoms with Gasteiger partial charge < -0.3 is 0 Å². The van der Waals surface area contributed by atoms with E-state index in [1.807, 2.05) is 18.3 Å². The molecule has 0 aliphatic heterocycles. The Balaban J connectivity index is 2.10. The van der Waals surface area contributed by atoms with Gasteiger partial charge in [0.15, 0.2) is 0 Å². The third-order valence-corrected chi connectivity index (χ3v) is 4.02. The van der Waals surface area contributed by atoms with Gasteiger partial charge in [-0.3, -0.25) is 4.98 Å². The number of nitrogens with zero attached hydrogens (tertiary/aromatic N) is 1. The number of aryl methyl sites for hydroxylation is 2. The lowest BCUT2D eigenvalue weighted by molar-refractivity contribution is 0.923. The third kappa shape index (κ3) is 2.94. The maximum Gasteiger partial charge on any atom is 0.0704 e. The molecule has 1 nitrogen and oxygen atoms in total. The van der Waals surface area contributed by atoms with Crippen LogP contribution in [0.5, 0.6) is 0 Å². The van der Waals surface area contributed by atoms with E-state index in [1.165, 1.54) is 27.8 Å². The highest BCUT2D eigenvalue weighted by molar-refractivity contribution is 5.73. The molecule has 0 unspecified atom stereocenters. The first-order valence-electron chi connectivity index (χ1n) is 7.90. The zero-order chi connectivity index (χ0) is 15.4. The van der Waals surface area contributed by atoms with Gasteiger partial charge in [0.05, 0.1) is 5.69 Å². The Morgan fingerprint density at radius 3 is 2.41 bits per heavy atom. The molecule has 0 atom stereocenters. The number of benzene rings is 2. The van der Waals surface area contributed by atoms with E-state index in [-0.39, 0.29) is 0 Å². The highest BCUT2D eigenvalue weighted by atomic mass is 14.7. The van der Waals surface area contributed by atoms with E-state index >= 15 is 0 Å². The van der Waals surface area contributed by atoms with Gasteiger partial charge in [0.1, 0.15) is 0 Å². The van der Waals surface area contributed by atoms with Gasteiger partial charge in [0.25, 0.3) is 0 Å². The Hall–Kier alpha value is -2.41. The van der Waals surface area contributed by atoms with Crippen LogP contribution in [0.4, 0.5) is 0 Å². The first-order valence-corrected chi connectivity index (χ1v) is 7.90. The summed E-state index contributed by atoms with van der Waals surface area (Å²) in [5, 5.41) is 0. The van der Waals surface area contributed by atoms with Gasteiger partial charge in [0.2, 0.25) is 0 Å². The number of hydrogen-bond acceptors (Lipinski definition) is 1. The molecule has 0 aliphatic carbocycles. The minimum absolute atomic E-state index is 1.06. The maximum absolute atomic E-state index is 4.51. The number of rotatable bonds is 4. The molecule has 0 bridgehead atoms. The van der Waals surface area contributed by atoms with E-state index < -0.39 is 0 Å². The molecular formula is C21H21N. The molecule has 110 valence electrons. The summed E-state index contributed by atoms with van der Waals surface area (Å²) in [6.07, 6.45) is 4.07. The van der Waals surface area contributed by atoms with Crippen LogP contribution in [0.3, 0.4) is 0 Å². The standard InChI is InChI=1S/C21H21N/c1-3-8-17-15-18(19-10-5-4-9-16(19)2)12-13-20(17)21-11-6-7-14-22-21/h4-7,9-15H,3,8H2,1-2H3. The molecule has 0 saturated heterocycles. The van der Waals surface area contributed by atoms with Gasteiger partial charge in [-0.25, -0.2) is 0 Å². The van der Waals surface area contributed by atoms with Gasteiger partial charge >= 0.3 is 0 Å². The van der Waals surface area contributed by atoms with E-state index in [1.54, 1.807) is 0 Å². The van der Waals surface area contributed by atoms with Crippen molar-refractivity contribution in [1.29, 1.82) is 0 Å². The molecule has 0 amide bonds. The molecule has 3 aromatic rings. The fourth-order valence-corrected chi connectivity index (χ4v) is 2.91. The van der Waals surface area contributed by atoms with Crippen molar-refractivity contribution in [1.82, 2.24) is 4.98 Å². The van der Waals surface area contributed by atoms with Crippen molar-refractivity contribution in [3.8, 4) is 22.4 Å². The second kappa shape index (κ2) is 6.57. The van der Waals surface area contributed by atoms with Crippen LogP contribution in [0.15, 0.2) is 66.9 Å². The summed E-state index contributed by atoms with van der Waals surface area (Å²) in [5.74, 6) is 0. The molecule has 0 aliphatic rings. The number of aromatic nitrogens is 1. The van der Waals surface area contributed by atoms with Gasteiger partial charge in [-0.15, -0.1) is 0 Å². The van der Waals surface area contributed by atoms with E-state index in [2.05, 4.69) is 67.4 Å². The monoisotopic (exact) mass is 287 g/mol. The van der Waals surface area contributed by atoms with Gasteiger partial charge in [-0.05, 0) is 47.7 Å². The minimum Gasteiger partial charge on any atom is -0.256 e. The van der Waals surface area contributed by atoms with Crippen LogP contribution in [0, 0.1) is 6.92 Å². The van der Waals surface area contributed by atoms with Crippen molar-refractivity contribution >= 4 is 0 Å². The zero-order valence-corrected chi connectivity index (χ0v) is 13.2. The van der Waals surface area contributed by atoms with Crippen LogP contribution in [-0.4, -0.2) is 4.98 Å². The SMILES string of the molecule is CCCc1cc(-c2ccccc2C)ccc1-c1ccccn1. The minimum atomic E-state index is 1.06. The first kappa shape index (κ1) is 14.5. The number of hydrogen-bond donors (Lipinski definition) is 0. The van der Waals surface area contributed by atoms with Crippen molar-refractivity contribution in [3.63, 3.8) is 0 Å². The average Bonchev–Trinajstić information content (AvgIpc) is 2.56. The summed E-state index contributed by atoms with van der Waals surface area (Å²) in [6, 6.07) is 21.4. The quantitative estimate of drug-likeness (QED) is 0.602.